The molecule has 0 aliphatic carbocycles. The largest absolute Gasteiger partial charge is 0.463 e. The quantitative estimate of drug-likeness (QED) is 0.236. The molecule has 138 valence electrons. The maximum Gasteiger partial charge on any atom is 0.330 e. The van der Waals surface area contributed by atoms with Crippen LogP contribution >= 0.6 is 0 Å². The molecule has 0 aliphatic rings. The maximum atomic E-state index is 11.1. The van der Waals surface area contributed by atoms with Gasteiger partial charge < -0.3 is 9.47 Å². The molecule has 0 aromatic heterocycles. The number of allylic oxidation sites excluding steroid dienone is 2. The summed E-state index contributed by atoms with van der Waals surface area (Å²) in [7, 11) is 0. The van der Waals surface area contributed by atoms with Gasteiger partial charge >= 0.3 is 11.9 Å². The van der Waals surface area contributed by atoms with Crippen molar-refractivity contribution in [3.05, 3.63) is 24.3 Å². The summed E-state index contributed by atoms with van der Waals surface area (Å²) in [5.41, 5.74) is 0. The molecule has 0 aromatic carbocycles. The number of carbonyl (C=O) groups is 2. The van der Waals surface area contributed by atoms with Crippen molar-refractivity contribution in [2.75, 3.05) is 13.2 Å². The minimum absolute atomic E-state index is 0.241. The zero-order chi connectivity index (χ0) is 17.9. The maximum absolute atomic E-state index is 11.1. The molecular weight excluding hydrogens is 304 g/mol. The third-order valence-electron chi connectivity index (χ3n) is 3.57. The SMILES string of the molecule is CCOC(=O)/C=C/CCCCCCCCCC/C=C/C(=O)OCC. The number of esters is 2. The molecule has 0 saturated carbocycles. The minimum Gasteiger partial charge on any atom is -0.463 e. The summed E-state index contributed by atoms with van der Waals surface area (Å²) in [5, 5.41) is 0. The summed E-state index contributed by atoms with van der Waals surface area (Å²) in [6.45, 7) is 4.49. The van der Waals surface area contributed by atoms with Gasteiger partial charge in [-0.05, 0) is 39.5 Å². The third kappa shape index (κ3) is 16.8. The average Bonchev–Trinajstić information content (AvgIpc) is 2.55. The molecule has 4 nitrogen and oxygen atoms in total. The second-order valence-electron chi connectivity index (χ2n) is 5.71. The normalized spacial score (nSPS) is 11.2. The molecule has 0 bridgehead atoms. The number of rotatable bonds is 15. The van der Waals surface area contributed by atoms with Gasteiger partial charge in [0.15, 0.2) is 0 Å². The van der Waals surface area contributed by atoms with Crippen molar-refractivity contribution in [3.63, 3.8) is 0 Å². The van der Waals surface area contributed by atoms with Crippen molar-refractivity contribution >= 4 is 11.9 Å². The van der Waals surface area contributed by atoms with Crippen LogP contribution in [-0.4, -0.2) is 25.2 Å². The fourth-order valence-corrected chi connectivity index (χ4v) is 2.32. The Kier molecular flexibility index (Phi) is 16.6. The molecule has 0 N–H and O–H groups in total. The van der Waals surface area contributed by atoms with Crippen molar-refractivity contribution < 1.29 is 19.1 Å². The fourth-order valence-electron chi connectivity index (χ4n) is 2.32. The van der Waals surface area contributed by atoms with Crippen LogP contribution in [0.1, 0.15) is 78.1 Å². The first-order valence-electron chi connectivity index (χ1n) is 9.37. The van der Waals surface area contributed by atoms with Gasteiger partial charge in [0.25, 0.3) is 0 Å². The molecule has 0 unspecified atom stereocenters. The van der Waals surface area contributed by atoms with Crippen molar-refractivity contribution in [1.82, 2.24) is 0 Å². The molecule has 0 rings (SSSR count). The smallest absolute Gasteiger partial charge is 0.330 e. The van der Waals surface area contributed by atoms with Gasteiger partial charge in [-0.15, -0.1) is 0 Å². The topological polar surface area (TPSA) is 52.6 Å². The molecule has 0 saturated heterocycles. The molecule has 0 aliphatic heterocycles. The predicted octanol–water partition coefficient (Wildman–Crippen LogP) is 5.13. The summed E-state index contributed by atoms with van der Waals surface area (Å²) in [6, 6.07) is 0. The Labute approximate surface area is 147 Å². The van der Waals surface area contributed by atoms with E-state index in [2.05, 4.69) is 0 Å². The molecule has 0 amide bonds. The van der Waals surface area contributed by atoms with Crippen LogP contribution < -0.4 is 0 Å². The van der Waals surface area contributed by atoms with Crippen LogP contribution in [0, 0.1) is 0 Å². The summed E-state index contributed by atoms with van der Waals surface area (Å²) < 4.78 is 9.64. The number of hydrogen-bond donors (Lipinski definition) is 0. The summed E-state index contributed by atoms with van der Waals surface area (Å²) in [4.78, 5) is 22.1. The zero-order valence-electron chi connectivity index (χ0n) is 15.4. The third-order valence-corrected chi connectivity index (χ3v) is 3.57. The number of hydrogen-bond acceptors (Lipinski definition) is 4. The molecule has 0 fully saturated rings. The van der Waals surface area contributed by atoms with Gasteiger partial charge in [-0.1, -0.05) is 50.7 Å². The van der Waals surface area contributed by atoms with E-state index in [1.165, 1.54) is 50.7 Å². The second-order valence-corrected chi connectivity index (χ2v) is 5.71. The molecule has 0 atom stereocenters. The fraction of sp³-hybridized carbons (Fsp3) is 0.700. The highest BCUT2D eigenvalue weighted by atomic mass is 16.5. The Hall–Kier alpha value is -1.58. The van der Waals surface area contributed by atoms with E-state index < -0.39 is 0 Å². The van der Waals surface area contributed by atoms with E-state index in [1.807, 2.05) is 26.0 Å². The highest BCUT2D eigenvalue weighted by Gasteiger charge is 1.95. The Morgan fingerprint density at radius 1 is 0.625 bits per heavy atom. The number of unbranched alkanes of at least 4 members (excludes halogenated alkanes) is 9. The average molecular weight is 338 g/mol. The molecular formula is C20H34O4. The lowest BCUT2D eigenvalue weighted by atomic mass is 10.1. The monoisotopic (exact) mass is 338 g/mol. The van der Waals surface area contributed by atoms with Gasteiger partial charge in [0.05, 0.1) is 13.2 Å². The van der Waals surface area contributed by atoms with E-state index in [9.17, 15) is 9.59 Å². The van der Waals surface area contributed by atoms with E-state index in [-0.39, 0.29) is 11.9 Å². The van der Waals surface area contributed by atoms with Gasteiger partial charge in [-0.2, -0.15) is 0 Å². The van der Waals surface area contributed by atoms with Crippen molar-refractivity contribution in [1.29, 1.82) is 0 Å². The van der Waals surface area contributed by atoms with Crippen molar-refractivity contribution in [2.24, 2.45) is 0 Å². The van der Waals surface area contributed by atoms with Crippen LogP contribution in [0.15, 0.2) is 24.3 Å². The predicted molar refractivity (Wildman–Crippen MR) is 97.7 cm³/mol. The van der Waals surface area contributed by atoms with E-state index in [4.69, 9.17) is 9.47 Å². The standard InChI is InChI=1S/C20H34O4/c1-3-23-19(21)17-15-13-11-9-7-5-6-8-10-12-14-16-18-20(22)24-4-2/h15-18H,3-14H2,1-2H3/b17-15+,18-16+. The van der Waals surface area contributed by atoms with Gasteiger partial charge in [0.1, 0.15) is 0 Å². The van der Waals surface area contributed by atoms with Crippen LogP contribution in [0.2, 0.25) is 0 Å². The molecule has 0 heterocycles. The molecule has 4 heteroatoms. The van der Waals surface area contributed by atoms with Gasteiger partial charge in [0.2, 0.25) is 0 Å². The first-order valence-corrected chi connectivity index (χ1v) is 9.37. The molecule has 0 spiro atoms. The molecule has 0 radical (unpaired) electrons. The first kappa shape index (κ1) is 22.4. The summed E-state index contributed by atoms with van der Waals surface area (Å²) >= 11 is 0. The lowest BCUT2D eigenvalue weighted by Gasteiger charge is -2.01. The van der Waals surface area contributed by atoms with E-state index in [0.29, 0.717) is 13.2 Å². The van der Waals surface area contributed by atoms with Crippen LogP contribution in [0.4, 0.5) is 0 Å². The van der Waals surface area contributed by atoms with Gasteiger partial charge in [-0.25, -0.2) is 9.59 Å². The Morgan fingerprint density at radius 3 is 1.29 bits per heavy atom. The lowest BCUT2D eigenvalue weighted by Crippen LogP contribution is -1.98. The Bertz CT molecular complexity index is 336. The van der Waals surface area contributed by atoms with Crippen LogP contribution in [0.3, 0.4) is 0 Å². The van der Waals surface area contributed by atoms with E-state index in [1.54, 1.807) is 0 Å². The minimum atomic E-state index is -0.241. The Morgan fingerprint density at radius 2 is 0.958 bits per heavy atom. The second kappa shape index (κ2) is 17.8. The first-order chi connectivity index (χ1) is 11.7. The highest BCUT2D eigenvalue weighted by Crippen LogP contribution is 2.11. The van der Waals surface area contributed by atoms with E-state index >= 15 is 0 Å². The van der Waals surface area contributed by atoms with E-state index in [0.717, 1.165) is 25.7 Å². The Balaban J connectivity index is 3.26. The van der Waals surface area contributed by atoms with Crippen molar-refractivity contribution in [3.8, 4) is 0 Å². The van der Waals surface area contributed by atoms with Gasteiger partial charge in [0, 0.05) is 12.2 Å². The summed E-state index contributed by atoms with van der Waals surface area (Å²) in [6.07, 6.45) is 18.5. The van der Waals surface area contributed by atoms with Crippen LogP contribution in [0.5, 0.6) is 0 Å². The lowest BCUT2D eigenvalue weighted by molar-refractivity contribution is -0.138. The number of carbonyl (C=O) groups excluding carboxylic acids is 2. The highest BCUT2D eigenvalue weighted by molar-refractivity contribution is 5.82. The van der Waals surface area contributed by atoms with Crippen LogP contribution in [0.25, 0.3) is 0 Å². The molecule has 0 aromatic rings. The zero-order valence-corrected chi connectivity index (χ0v) is 15.4. The van der Waals surface area contributed by atoms with Crippen LogP contribution in [-0.2, 0) is 19.1 Å². The molecule has 24 heavy (non-hydrogen) atoms. The van der Waals surface area contributed by atoms with Gasteiger partial charge in [-0.3, -0.25) is 0 Å². The number of ether oxygens (including phenoxy) is 2. The van der Waals surface area contributed by atoms with Crippen molar-refractivity contribution in [2.45, 2.75) is 78.1 Å². The summed E-state index contributed by atoms with van der Waals surface area (Å²) in [5.74, 6) is -0.482.